The Morgan fingerprint density at radius 3 is 2.40 bits per heavy atom. The molecule has 4 aromatic rings. The minimum absolute atomic E-state index is 0.860. The van der Waals surface area contributed by atoms with E-state index in [1.165, 1.54) is 0 Å². The molecular weight excluding hydrogens is 248 g/mol. The van der Waals surface area contributed by atoms with Crippen LogP contribution in [-0.2, 0) is 0 Å². The predicted molar refractivity (Wildman–Crippen MR) is 78.1 cm³/mol. The van der Waals surface area contributed by atoms with Crippen LogP contribution in [0.25, 0.3) is 33.2 Å². The summed E-state index contributed by atoms with van der Waals surface area (Å²) in [6.07, 6.45) is 7.13. The van der Waals surface area contributed by atoms with Crippen molar-refractivity contribution in [2.24, 2.45) is 0 Å². The largest absolute Gasteiger partial charge is 0.256 e. The van der Waals surface area contributed by atoms with E-state index in [0.29, 0.717) is 0 Å². The van der Waals surface area contributed by atoms with Gasteiger partial charge in [-0.2, -0.15) is 0 Å². The summed E-state index contributed by atoms with van der Waals surface area (Å²) in [6.45, 7) is 0. The van der Waals surface area contributed by atoms with E-state index in [2.05, 4.69) is 19.9 Å². The molecule has 4 heteroatoms. The molecule has 0 fully saturated rings. The van der Waals surface area contributed by atoms with Crippen molar-refractivity contribution in [2.75, 3.05) is 0 Å². The molecule has 0 unspecified atom stereocenters. The van der Waals surface area contributed by atoms with E-state index in [1.807, 2.05) is 36.4 Å². The van der Waals surface area contributed by atoms with Gasteiger partial charge in [0, 0.05) is 35.7 Å². The van der Waals surface area contributed by atoms with Crippen LogP contribution >= 0.6 is 0 Å². The lowest BCUT2D eigenvalue weighted by Crippen LogP contribution is -1.91. The summed E-state index contributed by atoms with van der Waals surface area (Å²) in [4.78, 5) is 17.7. The van der Waals surface area contributed by atoms with Crippen LogP contribution in [0, 0.1) is 0 Å². The van der Waals surface area contributed by atoms with Crippen molar-refractivity contribution in [3.63, 3.8) is 0 Å². The van der Waals surface area contributed by atoms with Gasteiger partial charge in [0.05, 0.1) is 22.2 Å². The first-order valence-corrected chi connectivity index (χ1v) is 6.33. The number of fused-ring (bicyclic) bond motifs is 2. The van der Waals surface area contributed by atoms with Gasteiger partial charge in [-0.1, -0.05) is 0 Å². The highest BCUT2D eigenvalue weighted by atomic mass is 14.8. The monoisotopic (exact) mass is 258 g/mol. The van der Waals surface area contributed by atoms with Gasteiger partial charge >= 0.3 is 0 Å². The standard InChI is InChI=1S/C16H10N4/c1-3-11-13(17-7-1)6-10-20-15(11)12-5-9-18-14-4-2-8-19-16(12)14/h1-10H. The smallest absolute Gasteiger partial charge is 0.0980 e. The summed E-state index contributed by atoms with van der Waals surface area (Å²) >= 11 is 0. The first kappa shape index (κ1) is 11.0. The number of rotatable bonds is 1. The van der Waals surface area contributed by atoms with E-state index in [-0.39, 0.29) is 0 Å². The molecule has 0 spiro atoms. The van der Waals surface area contributed by atoms with Gasteiger partial charge in [-0.15, -0.1) is 0 Å². The van der Waals surface area contributed by atoms with Crippen LogP contribution < -0.4 is 0 Å². The lowest BCUT2D eigenvalue weighted by atomic mass is 10.1. The Bertz CT molecular complexity index is 830. The van der Waals surface area contributed by atoms with Crippen molar-refractivity contribution in [1.29, 1.82) is 0 Å². The second kappa shape index (κ2) is 4.35. The molecule has 0 aliphatic rings. The average molecular weight is 258 g/mol. The van der Waals surface area contributed by atoms with Crippen LogP contribution in [-0.4, -0.2) is 19.9 Å². The van der Waals surface area contributed by atoms with Gasteiger partial charge in [0.25, 0.3) is 0 Å². The van der Waals surface area contributed by atoms with E-state index < -0.39 is 0 Å². The van der Waals surface area contributed by atoms with E-state index in [0.717, 1.165) is 33.2 Å². The van der Waals surface area contributed by atoms with Gasteiger partial charge in [-0.3, -0.25) is 19.9 Å². The third kappa shape index (κ3) is 1.62. The first-order chi connectivity index (χ1) is 9.93. The summed E-state index contributed by atoms with van der Waals surface area (Å²) in [6, 6.07) is 11.6. The molecule has 0 aromatic carbocycles. The van der Waals surface area contributed by atoms with Crippen LogP contribution in [0.2, 0.25) is 0 Å². The molecule has 94 valence electrons. The summed E-state index contributed by atoms with van der Waals surface area (Å²) < 4.78 is 0. The fraction of sp³-hybridized carbons (Fsp3) is 0. The zero-order valence-electron chi connectivity index (χ0n) is 10.6. The second-order valence-corrected chi connectivity index (χ2v) is 4.46. The van der Waals surface area contributed by atoms with Crippen molar-refractivity contribution in [3.8, 4) is 11.3 Å². The van der Waals surface area contributed by atoms with Crippen LogP contribution in [0.4, 0.5) is 0 Å². The van der Waals surface area contributed by atoms with Crippen molar-refractivity contribution in [2.45, 2.75) is 0 Å². The molecule has 0 atom stereocenters. The quantitative estimate of drug-likeness (QED) is 0.526. The Morgan fingerprint density at radius 1 is 0.600 bits per heavy atom. The maximum absolute atomic E-state index is 4.52. The SMILES string of the molecule is c1cnc2c(-c3nccc4ncccc34)ccnc2c1. The number of hydrogen-bond donors (Lipinski definition) is 0. The molecule has 4 aromatic heterocycles. The average Bonchev–Trinajstić information content (AvgIpc) is 2.54. The Morgan fingerprint density at radius 2 is 1.40 bits per heavy atom. The molecule has 0 saturated carbocycles. The molecule has 0 amide bonds. The topological polar surface area (TPSA) is 51.6 Å². The maximum atomic E-state index is 4.52. The molecule has 0 aliphatic heterocycles. The van der Waals surface area contributed by atoms with Crippen LogP contribution in [0.3, 0.4) is 0 Å². The van der Waals surface area contributed by atoms with Crippen LogP contribution in [0.1, 0.15) is 0 Å². The normalized spacial score (nSPS) is 11.0. The summed E-state index contributed by atoms with van der Waals surface area (Å²) in [5.41, 5.74) is 4.53. The third-order valence-electron chi connectivity index (χ3n) is 3.28. The highest BCUT2D eigenvalue weighted by Gasteiger charge is 2.10. The zero-order chi connectivity index (χ0) is 13.4. The Hall–Kier alpha value is -2.88. The second-order valence-electron chi connectivity index (χ2n) is 4.46. The molecule has 0 aliphatic carbocycles. The Kier molecular flexibility index (Phi) is 2.39. The van der Waals surface area contributed by atoms with Gasteiger partial charge in [0.2, 0.25) is 0 Å². The molecule has 0 N–H and O–H groups in total. The van der Waals surface area contributed by atoms with Gasteiger partial charge in [-0.05, 0) is 36.4 Å². The summed E-state index contributed by atoms with van der Waals surface area (Å²) in [5, 5.41) is 1.02. The molecule has 0 bridgehead atoms. The number of nitrogens with zero attached hydrogens (tertiary/aromatic N) is 4. The maximum Gasteiger partial charge on any atom is 0.0980 e. The van der Waals surface area contributed by atoms with E-state index in [1.54, 1.807) is 24.8 Å². The molecule has 0 saturated heterocycles. The fourth-order valence-corrected chi connectivity index (χ4v) is 2.39. The van der Waals surface area contributed by atoms with E-state index >= 15 is 0 Å². The highest BCUT2D eigenvalue weighted by Crippen LogP contribution is 2.29. The summed E-state index contributed by atoms with van der Waals surface area (Å²) in [7, 11) is 0. The third-order valence-corrected chi connectivity index (χ3v) is 3.28. The molecule has 20 heavy (non-hydrogen) atoms. The summed E-state index contributed by atoms with van der Waals surface area (Å²) in [5.74, 6) is 0. The highest BCUT2D eigenvalue weighted by molar-refractivity contribution is 5.99. The van der Waals surface area contributed by atoms with E-state index in [4.69, 9.17) is 0 Å². The van der Waals surface area contributed by atoms with Gasteiger partial charge < -0.3 is 0 Å². The lowest BCUT2D eigenvalue weighted by Gasteiger charge is -2.07. The zero-order valence-corrected chi connectivity index (χ0v) is 10.6. The predicted octanol–water partition coefficient (Wildman–Crippen LogP) is 3.24. The molecule has 4 heterocycles. The number of hydrogen-bond acceptors (Lipinski definition) is 4. The molecule has 4 rings (SSSR count). The van der Waals surface area contributed by atoms with Gasteiger partial charge in [0.1, 0.15) is 0 Å². The van der Waals surface area contributed by atoms with Crippen molar-refractivity contribution in [3.05, 3.63) is 61.2 Å². The molecule has 0 radical (unpaired) electrons. The Labute approximate surface area is 115 Å². The molecule has 4 nitrogen and oxygen atoms in total. The van der Waals surface area contributed by atoms with Crippen molar-refractivity contribution in [1.82, 2.24) is 19.9 Å². The first-order valence-electron chi connectivity index (χ1n) is 6.33. The Balaban J connectivity index is 2.12. The van der Waals surface area contributed by atoms with Crippen LogP contribution in [0.15, 0.2) is 61.2 Å². The molecular formula is C16H10N4. The van der Waals surface area contributed by atoms with E-state index in [9.17, 15) is 0 Å². The minimum Gasteiger partial charge on any atom is -0.256 e. The van der Waals surface area contributed by atoms with Crippen LogP contribution in [0.5, 0.6) is 0 Å². The number of pyridine rings is 4. The van der Waals surface area contributed by atoms with Gasteiger partial charge in [-0.25, -0.2) is 0 Å². The number of aromatic nitrogens is 4. The lowest BCUT2D eigenvalue weighted by molar-refractivity contribution is 1.30. The fourth-order valence-electron chi connectivity index (χ4n) is 2.39. The van der Waals surface area contributed by atoms with Gasteiger partial charge in [0.15, 0.2) is 0 Å². The van der Waals surface area contributed by atoms with Crippen molar-refractivity contribution >= 4 is 21.9 Å². The minimum atomic E-state index is 0.860. The van der Waals surface area contributed by atoms with Crippen molar-refractivity contribution < 1.29 is 0 Å².